The third-order valence-electron chi connectivity index (χ3n) is 3.22. The Morgan fingerprint density at radius 3 is 2.53 bits per heavy atom. The van der Waals surface area contributed by atoms with Gasteiger partial charge in [0.05, 0.1) is 7.11 Å². The Balaban J connectivity index is 3.11. The van der Waals surface area contributed by atoms with Gasteiger partial charge in [0.15, 0.2) is 0 Å². The molecule has 1 unspecified atom stereocenters. The monoisotopic (exact) mass is 230 g/mol. The van der Waals surface area contributed by atoms with E-state index in [9.17, 15) is 0 Å². The van der Waals surface area contributed by atoms with Gasteiger partial charge in [-0.05, 0) is 48.9 Å². The van der Waals surface area contributed by atoms with Gasteiger partial charge < -0.3 is 4.74 Å². The Kier molecular flexibility index (Phi) is 5.10. The lowest BCUT2D eigenvalue weighted by molar-refractivity contribution is 0.411. The highest BCUT2D eigenvalue weighted by molar-refractivity contribution is 5.43. The summed E-state index contributed by atoms with van der Waals surface area (Å²) in [5.41, 5.74) is 3.84. The van der Waals surface area contributed by atoms with Crippen LogP contribution in [0.1, 0.15) is 48.8 Å². The molecule has 0 aliphatic heterocycles. The average molecular weight is 230 g/mol. The van der Waals surface area contributed by atoms with Crippen molar-refractivity contribution in [2.75, 3.05) is 7.11 Å². The van der Waals surface area contributed by atoms with Crippen LogP contribution in [0.2, 0.25) is 0 Å². The fourth-order valence-electron chi connectivity index (χ4n) is 2.33. The minimum Gasteiger partial charge on any atom is -0.496 e. The van der Waals surface area contributed by atoms with Gasteiger partial charge in [-0.1, -0.05) is 19.4 Å². The molecule has 0 radical (unpaired) electrons. The van der Waals surface area contributed by atoms with E-state index in [1.165, 1.54) is 16.7 Å². The zero-order chi connectivity index (χ0) is 12.8. The van der Waals surface area contributed by atoms with Crippen LogP contribution in [0, 0.1) is 26.2 Å². The molecule has 0 heterocycles. The molecule has 0 saturated heterocycles. The SMILES string of the molecule is C#CCC(CCC)c1cc(C)c(OC)cc1C. The van der Waals surface area contributed by atoms with Gasteiger partial charge in [0, 0.05) is 6.42 Å². The lowest BCUT2D eigenvalue weighted by Crippen LogP contribution is -2.02. The van der Waals surface area contributed by atoms with Crippen LogP contribution < -0.4 is 4.74 Å². The van der Waals surface area contributed by atoms with Gasteiger partial charge in [-0.15, -0.1) is 12.3 Å². The fraction of sp³-hybridized carbons (Fsp3) is 0.500. The van der Waals surface area contributed by atoms with E-state index in [1.54, 1.807) is 7.11 Å². The van der Waals surface area contributed by atoms with E-state index < -0.39 is 0 Å². The minimum atomic E-state index is 0.481. The molecule has 0 bridgehead atoms. The van der Waals surface area contributed by atoms with E-state index in [4.69, 9.17) is 11.2 Å². The van der Waals surface area contributed by atoms with E-state index >= 15 is 0 Å². The van der Waals surface area contributed by atoms with E-state index in [2.05, 4.69) is 38.8 Å². The number of hydrogen-bond acceptors (Lipinski definition) is 1. The number of hydrogen-bond donors (Lipinski definition) is 0. The van der Waals surface area contributed by atoms with Crippen molar-refractivity contribution in [3.8, 4) is 18.1 Å². The fourth-order valence-corrected chi connectivity index (χ4v) is 2.33. The van der Waals surface area contributed by atoms with Gasteiger partial charge >= 0.3 is 0 Å². The highest BCUT2D eigenvalue weighted by Gasteiger charge is 2.14. The zero-order valence-corrected chi connectivity index (χ0v) is 11.3. The topological polar surface area (TPSA) is 9.23 Å². The molecule has 17 heavy (non-hydrogen) atoms. The van der Waals surface area contributed by atoms with Gasteiger partial charge in [-0.2, -0.15) is 0 Å². The number of rotatable bonds is 5. The predicted molar refractivity (Wildman–Crippen MR) is 73.6 cm³/mol. The summed E-state index contributed by atoms with van der Waals surface area (Å²) in [6.45, 7) is 6.42. The van der Waals surface area contributed by atoms with Crippen molar-refractivity contribution in [2.45, 2.75) is 46.0 Å². The van der Waals surface area contributed by atoms with Crippen LogP contribution in [0.25, 0.3) is 0 Å². The zero-order valence-electron chi connectivity index (χ0n) is 11.3. The molecule has 0 aliphatic rings. The van der Waals surface area contributed by atoms with Crippen molar-refractivity contribution in [1.29, 1.82) is 0 Å². The van der Waals surface area contributed by atoms with Crippen molar-refractivity contribution in [3.63, 3.8) is 0 Å². The van der Waals surface area contributed by atoms with Gasteiger partial charge in [0.2, 0.25) is 0 Å². The molecular weight excluding hydrogens is 208 g/mol. The Morgan fingerprint density at radius 2 is 2.00 bits per heavy atom. The minimum absolute atomic E-state index is 0.481. The van der Waals surface area contributed by atoms with Gasteiger partial charge in [0.25, 0.3) is 0 Å². The third kappa shape index (κ3) is 3.27. The molecule has 1 nitrogen and oxygen atoms in total. The molecule has 0 amide bonds. The Labute approximate surface area is 105 Å². The summed E-state index contributed by atoms with van der Waals surface area (Å²) >= 11 is 0. The van der Waals surface area contributed by atoms with Crippen molar-refractivity contribution >= 4 is 0 Å². The highest BCUT2D eigenvalue weighted by Crippen LogP contribution is 2.31. The molecule has 0 aromatic heterocycles. The molecule has 1 aromatic carbocycles. The van der Waals surface area contributed by atoms with Crippen LogP contribution in [0.5, 0.6) is 5.75 Å². The van der Waals surface area contributed by atoms with E-state index in [0.29, 0.717) is 5.92 Å². The molecule has 0 saturated carbocycles. The molecule has 1 aromatic rings. The van der Waals surface area contributed by atoms with Gasteiger partial charge in [-0.25, -0.2) is 0 Å². The number of benzene rings is 1. The molecule has 0 fully saturated rings. The second-order valence-electron chi connectivity index (χ2n) is 4.57. The first-order chi connectivity index (χ1) is 8.13. The maximum absolute atomic E-state index is 5.47. The summed E-state index contributed by atoms with van der Waals surface area (Å²) in [5, 5.41) is 0. The summed E-state index contributed by atoms with van der Waals surface area (Å²) in [6.07, 6.45) is 8.60. The maximum atomic E-state index is 5.47. The van der Waals surface area contributed by atoms with Crippen LogP contribution >= 0.6 is 0 Å². The molecule has 0 aliphatic carbocycles. The first-order valence-corrected chi connectivity index (χ1v) is 6.22. The standard InChI is InChI=1S/C16H22O/c1-6-8-14(9-7-2)15-10-13(4)16(17-5)11-12(15)3/h1,10-11,14H,7-9H2,2-5H3. The molecular formula is C16H22O. The van der Waals surface area contributed by atoms with Gasteiger partial charge in [-0.3, -0.25) is 0 Å². The van der Waals surface area contributed by atoms with Gasteiger partial charge in [0.1, 0.15) is 5.75 Å². The number of methoxy groups -OCH3 is 1. The lowest BCUT2D eigenvalue weighted by Gasteiger charge is -2.18. The maximum Gasteiger partial charge on any atom is 0.122 e. The van der Waals surface area contributed by atoms with Crippen LogP contribution in [-0.2, 0) is 0 Å². The van der Waals surface area contributed by atoms with Crippen LogP contribution in [0.15, 0.2) is 12.1 Å². The number of aryl methyl sites for hydroxylation is 2. The van der Waals surface area contributed by atoms with Crippen LogP contribution in [-0.4, -0.2) is 7.11 Å². The molecule has 0 N–H and O–H groups in total. The molecule has 1 heteroatoms. The third-order valence-corrected chi connectivity index (χ3v) is 3.22. The number of ether oxygens (including phenoxy) is 1. The summed E-state index contributed by atoms with van der Waals surface area (Å²) in [4.78, 5) is 0. The van der Waals surface area contributed by atoms with E-state index in [-0.39, 0.29) is 0 Å². The summed E-state index contributed by atoms with van der Waals surface area (Å²) in [5.74, 6) is 4.24. The Bertz CT molecular complexity index is 412. The molecule has 92 valence electrons. The average Bonchev–Trinajstić information content (AvgIpc) is 2.31. The first kappa shape index (κ1) is 13.6. The predicted octanol–water partition coefficient (Wildman–Crippen LogP) is 4.22. The van der Waals surface area contributed by atoms with E-state index in [0.717, 1.165) is 25.0 Å². The van der Waals surface area contributed by atoms with Crippen LogP contribution in [0.4, 0.5) is 0 Å². The van der Waals surface area contributed by atoms with Crippen molar-refractivity contribution in [3.05, 3.63) is 28.8 Å². The second kappa shape index (κ2) is 6.35. The molecule has 1 atom stereocenters. The van der Waals surface area contributed by atoms with Crippen molar-refractivity contribution < 1.29 is 4.74 Å². The van der Waals surface area contributed by atoms with Crippen LogP contribution in [0.3, 0.4) is 0 Å². The van der Waals surface area contributed by atoms with Crippen molar-refractivity contribution in [2.24, 2.45) is 0 Å². The van der Waals surface area contributed by atoms with Crippen molar-refractivity contribution in [1.82, 2.24) is 0 Å². The summed E-state index contributed by atoms with van der Waals surface area (Å²) < 4.78 is 5.34. The summed E-state index contributed by atoms with van der Waals surface area (Å²) in [6, 6.07) is 4.34. The quantitative estimate of drug-likeness (QED) is 0.688. The Hall–Kier alpha value is -1.42. The Morgan fingerprint density at radius 1 is 1.29 bits per heavy atom. The number of terminal acetylenes is 1. The second-order valence-corrected chi connectivity index (χ2v) is 4.57. The normalized spacial score (nSPS) is 11.9. The molecule has 0 spiro atoms. The largest absolute Gasteiger partial charge is 0.496 e. The highest BCUT2D eigenvalue weighted by atomic mass is 16.5. The lowest BCUT2D eigenvalue weighted by atomic mass is 9.87. The molecule has 1 rings (SSSR count). The summed E-state index contributed by atoms with van der Waals surface area (Å²) in [7, 11) is 1.71. The van der Waals surface area contributed by atoms with E-state index in [1.807, 2.05) is 0 Å². The first-order valence-electron chi connectivity index (χ1n) is 6.22. The smallest absolute Gasteiger partial charge is 0.122 e.